The Kier molecular flexibility index (Phi) is 6.68. The predicted octanol–water partition coefficient (Wildman–Crippen LogP) is 1.83. The SMILES string of the molecule is COc1cc2ncnc(N3CCC(n4c(=O)c5cc([N+](=O)[O-])ccc5n(CCN)c4=O)CC3)c2cc1OC. The second-order valence-electron chi connectivity index (χ2n) is 9.00. The summed E-state index contributed by atoms with van der Waals surface area (Å²) in [4.78, 5) is 48.6. The van der Waals surface area contributed by atoms with Gasteiger partial charge >= 0.3 is 5.69 Å². The van der Waals surface area contributed by atoms with Crippen molar-refractivity contribution >= 4 is 33.3 Å². The first-order valence-corrected chi connectivity index (χ1v) is 12.1. The van der Waals surface area contributed by atoms with Crippen molar-refractivity contribution in [3.8, 4) is 11.5 Å². The first-order valence-electron chi connectivity index (χ1n) is 12.1. The van der Waals surface area contributed by atoms with E-state index in [2.05, 4.69) is 14.9 Å². The van der Waals surface area contributed by atoms with Crippen LogP contribution in [-0.2, 0) is 6.54 Å². The van der Waals surface area contributed by atoms with Crippen molar-refractivity contribution in [3.05, 3.63) is 67.6 Å². The topological polar surface area (TPSA) is 161 Å². The highest BCUT2D eigenvalue weighted by Gasteiger charge is 2.27. The molecule has 13 heteroatoms. The fourth-order valence-electron chi connectivity index (χ4n) is 5.12. The van der Waals surface area contributed by atoms with Crippen molar-refractivity contribution in [3.63, 3.8) is 0 Å². The van der Waals surface area contributed by atoms with Crippen molar-refractivity contribution < 1.29 is 14.4 Å². The Morgan fingerprint density at radius 2 is 1.76 bits per heavy atom. The maximum Gasteiger partial charge on any atom is 0.331 e. The van der Waals surface area contributed by atoms with Gasteiger partial charge in [-0.15, -0.1) is 0 Å². The lowest BCUT2D eigenvalue weighted by molar-refractivity contribution is -0.384. The predicted molar refractivity (Wildman–Crippen MR) is 141 cm³/mol. The summed E-state index contributed by atoms with van der Waals surface area (Å²) in [6.45, 7) is 1.42. The molecule has 0 atom stereocenters. The number of non-ortho nitro benzene ring substituents is 1. The molecular weight excluding hydrogens is 494 g/mol. The average Bonchev–Trinajstić information content (AvgIpc) is 2.94. The van der Waals surface area contributed by atoms with E-state index < -0.39 is 16.2 Å². The number of hydrogen-bond acceptors (Lipinski definition) is 10. The number of ether oxygens (including phenoxy) is 2. The van der Waals surface area contributed by atoms with E-state index in [-0.39, 0.29) is 30.2 Å². The summed E-state index contributed by atoms with van der Waals surface area (Å²) in [5.41, 5.74) is 5.56. The van der Waals surface area contributed by atoms with Gasteiger partial charge in [-0.1, -0.05) is 0 Å². The third kappa shape index (κ3) is 4.20. The number of nitrogens with two attached hydrogens (primary N) is 1. The fraction of sp³-hybridized carbons (Fsp3) is 0.360. The summed E-state index contributed by atoms with van der Waals surface area (Å²) >= 11 is 0. The van der Waals surface area contributed by atoms with Gasteiger partial charge in [0.25, 0.3) is 11.2 Å². The molecule has 1 aliphatic rings. The molecule has 0 spiro atoms. The highest BCUT2D eigenvalue weighted by molar-refractivity contribution is 5.92. The molecule has 0 bridgehead atoms. The first kappa shape index (κ1) is 25.1. The van der Waals surface area contributed by atoms with Gasteiger partial charge in [0, 0.05) is 55.8 Å². The molecule has 0 radical (unpaired) electrons. The van der Waals surface area contributed by atoms with Crippen LogP contribution in [0.15, 0.2) is 46.2 Å². The maximum atomic E-state index is 13.5. The fourth-order valence-corrected chi connectivity index (χ4v) is 5.12. The molecule has 0 saturated carbocycles. The van der Waals surface area contributed by atoms with E-state index in [0.29, 0.717) is 48.5 Å². The lowest BCUT2D eigenvalue weighted by Gasteiger charge is -2.34. The van der Waals surface area contributed by atoms with Crippen LogP contribution in [0.5, 0.6) is 11.5 Å². The van der Waals surface area contributed by atoms with Gasteiger partial charge in [0.2, 0.25) is 0 Å². The lowest BCUT2D eigenvalue weighted by Crippen LogP contribution is -2.46. The number of fused-ring (bicyclic) bond motifs is 2. The minimum atomic E-state index is -0.559. The second-order valence-corrected chi connectivity index (χ2v) is 9.00. The van der Waals surface area contributed by atoms with Gasteiger partial charge in [-0.3, -0.25) is 24.0 Å². The van der Waals surface area contributed by atoms with Crippen LogP contribution in [0.1, 0.15) is 18.9 Å². The van der Waals surface area contributed by atoms with E-state index in [1.54, 1.807) is 20.3 Å². The summed E-state index contributed by atoms with van der Waals surface area (Å²) in [5, 5.41) is 12.3. The van der Waals surface area contributed by atoms with Crippen LogP contribution in [0.2, 0.25) is 0 Å². The molecule has 1 aliphatic heterocycles. The minimum Gasteiger partial charge on any atom is -0.493 e. The van der Waals surface area contributed by atoms with Gasteiger partial charge < -0.3 is 20.1 Å². The third-order valence-corrected chi connectivity index (χ3v) is 6.97. The van der Waals surface area contributed by atoms with E-state index in [4.69, 9.17) is 15.2 Å². The molecule has 0 unspecified atom stereocenters. The number of hydrogen-bond donors (Lipinski definition) is 1. The third-order valence-electron chi connectivity index (χ3n) is 6.97. The van der Waals surface area contributed by atoms with Crippen molar-refractivity contribution in [1.29, 1.82) is 0 Å². The first-order chi connectivity index (χ1) is 18.4. The summed E-state index contributed by atoms with van der Waals surface area (Å²) in [7, 11) is 3.12. The van der Waals surface area contributed by atoms with Crippen LogP contribution in [-0.4, -0.2) is 57.9 Å². The van der Waals surface area contributed by atoms with Crippen LogP contribution in [0.3, 0.4) is 0 Å². The summed E-state index contributed by atoms with van der Waals surface area (Å²) in [5.74, 6) is 1.84. The molecule has 38 heavy (non-hydrogen) atoms. The Morgan fingerprint density at radius 3 is 2.42 bits per heavy atom. The molecule has 3 heterocycles. The number of methoxy groups -OCH3 is 2. The van der Waals surface area contributed by atoms with Crippen molar-refractivity contribution in [1.82, 2.24) is 19.1 Å². The Hall–Kier alpha value is -4.52. The van der Waals surface area contributed by atoms with Gasteiger partial charge in [0.1, 0.15) is 12.1 Å². The molecule has 0 aliphatic carbocycles. The zero-order chi connectivity index (χ0) is 27.0. The van der Waals surface area contributed by atoms with Crippen LogP contribution in [0.4, 0.5) is 11.5 Å². The Bertz CT molecular complexity index is 1660. The van der Waals surface area contributed by atoms with Gasteiger partial charge in [0.05, 0.1) is 35.6 Å². The molecule has 198 valence electrons. The lowest BCUT2D eigenvalue weighted by atomic mass is 10.0. The van der Waals surface area contributed by atoms with E-state index in [9.17, 15) is 19.7 Å². The van der Waals surface area contributed by atoms with Gasteiger partial charge in [-0.25, -0.2) is 14.8 Å². The zero-order valence-corrected chi connectivity index (χ0v) is 21.0. The highest BCUT2D eigenvalue weighted by Crippen LogP contribution is 2.36. The number of benzene rings is 2. The largest absolute Gasteiger partial charge is 0.493 e. The molecule has 1 fully saturated rings. The summed E-state index contributed by atoms with van der Waals surface area (Å²) < 4.78 is 13.5. The van der Waals surface area contributed by atoms with Gasteiger partial charge in [-0.05, 0) is 25.0 Å². The van der Waals surface area contributed by atoms with Crippen molar-refractivity contribution in [2.45, 2.75) is 25.4 Å². The van der Waals surface area contributed by atoms with Crippen LogP contribution in [0, 0.1) is 10.1 Å². The maximum absolute atomic E-state index is 13.5. The number of anilines is 1. The van der Waals surface area contributed by atoms with E-state index in [1.807, 2.05) is 6.07 Å². The smallest absolute Gasteiger partial charge is 0.331 e. The quantitative estimate of drug-likeness (QED) is 0.281. The van der Waals surface area contributed by atoms with Gasteiger partial charge in [-0.2, -0.15) is 0 Å². The molecule has 2 aromatic heterocycles. The zero-order valence-electron chi connectivity index (χ0n) is 21.0. The molecule has 4 aromatic rings. The van der Waals surface area contributed by atoms with E-state index in [1.165, 1.54) is 33.7 Å². The van der Waals surface area contributed by atoms with E-state index >= 15 is 0 Å². The molecular formula is C25H27N7O6. The highest BCUT2D eigenvalue weighted by atomic mass is 16.6. The molecule has 5 rings (SSSR count). The number of aromatic nitrogens is 4. The molecule has 2 N–H and O–H groups in total. The van der Waals surface area contributed by atoms with Crippen LogP contribution in [0.25, 0.3) is 21.8 Å². The number of nitro groups is 1. The normalized spacial score (nSPS) is 14.2. The summed E-state index contributed by atoms with van der Waals surface area (Å²) in [6, 6.07) is 7.18. The minimum absolute atomic E-state index is 0.123. The van der Waals surface area contributed by atoms with Crippen LogP contribution >= 0.6 is 0 Å². The number of piperidine rings is 1. The van der Waals surface area contributed by atoms with Crippen LogP contribution < -0.4 is 31.4 Å². The Morgan fingerprint density at radius 1 is 1.05 bits per heavy atom. The Labute approximate surface area is 216 Å². The standard InChI is InChI=1S/C25H27N7O6/c1-37-21-12-17-19(13-22(21)38-2)27-14-28-23(17)29-8-5-15(6-9-29)31-24(33)18-11-16(32(35)36)3-4-20(18)30(10-7-26)25(31)34/h3-4,11-15H,5-10,26H2,1-2H3. The monoisotopic (exact) mass is 521 g/mol. The van der Waals surface area contributed by atoms with Crippen molar-refractivity contribution in [2.75, 3.05) is 38.8 Å². The summed E-state index contributed by atoms with van der Waals surface area (Å²) in [6.07, 6.45) is 2.48. The molecule has 13 nitrogen and oxygen atoms in total. The molecule has 1 saturated heterocycles. The van der Waals surface area contributed by atoms with Gasteiger partial charge in [0.15, 0.2) is 11.5 Å². The second kappa shape index (κ2) is 10.1. The Balaban J connectivity index is 1.51. The number of nitrogens with zero attached hydrogens (tertiary/aromatic N) is 6. The average molecular weight is 522 g/mol. The molecule has 0 amide bonds. The number of nitro benzene ring substituents is 1. The molecule has 2 aromatic carbocycles. The van der Waals surface area contributed by atoms with Crippen molar-refractivity contribution in [2.24, 2.45) is 5.73 Å². The van der Waals surface area contributed by atoms with E-state index in [0.717, 1.165) is 11.2 Å². The number of rotatable bonds is 7.